The molecule has 5 nitrogen and oxygen atoms in total. The highest BCUT2D eigenvalue weighted by Crippen LogP contribution is 2.30. The van der Waals surface area contributed by atoms with Crippen LogP contribution in [0.15, 0.2) is 63.8 Å². The van der Waals surface area contributed by atoms with Gasteiger partial charge in [0.2, 0.25) is 0 Å². The largest absolute Gasteiger partial charge is 0.481 e. The summed E-state index contributed by atoms with van der Waals surface area (Å²) in [7, 11) is 0. The summed E-state index contributed by atoms with van der Waals surface area (Å²) in [6.07, 6.45) is -5.37. The Morgan fingerprint density at radius 3 is 2.41 bits per heavy atom. The first-order valence-electron chi connectivity index (χ1n) is 7.91. The number of fused-ring (bicyclic) bond motifs is 1. The van der Waals surface area contributed by atoms with Gasteiger partial charge in [-0.15, -0.1) is 0 Å². The Labute approximate surface area is 151 Å². The van der Waals surface area contributed by atoms with Crippen molar-refractivity contribution in [2.45, 2.75) is 19.2 Å². The smallest absolute Gasteiger partial charge is 0.416 e. The summed E-state index contributed by atoms with van der Waals surface area (Å²) >= 11 is 0. The van der Waals surface area contributed by atoms with Gasteiger partial charge in [-0.1, -0.05) is 0 Å². The number of hydrogen-bond donors (Lipinski definition) is 1. The highest BCUT2D eigenvalue weighted by atomic mass is 19.4. The highest BCUT2D eigenvalue weighted by Gasteiger charge is 2.30. The first-order valence-corrected chi connectivity index (χ1v) is 7.91. The van der Waals surface area contributed by atoms with Gasteiger partial charge in [-0.2, -0.15) is 13.2 Å². The number of ether oxygens (including phenoxy) is 1. The first-order chi connectivity index (χ1) is 12.7. The van der Waals surface area contributed by atoms with Crippen LogP contribution in [0.25, 0.3) is 11.0 Å². The van der Waals surface area contributed by atoms with E-state index in [0.29, 0.717) is 16.7 Å². The molecule has 27 heavy (non-hydrogen) atoms. The van der Waals surface area contributed by atoms with Crippen LogP contribution in [0.2, 0.25) is 0 Å². The third-order valence-electron chi connectivity index (χ3n) is 3.76. The van der Waals surface area contributed by atoms with E-state index in [9.17, 15) is 22.8 Å². The van der Waals surface area contributed by atoms with Crippen LogP contribution in [0.3, 0.4) is 0 Å². The molecule has 3 rings (SSSR count). The van der Waals surface area contributed by atoms with Gasteiger partial charge in [-0.3, -0.25) is 4.79 Å². The number of carbonyl (C=O) groups is 1. The predicted octanol–water partition coefficient (Wildman–Crippen LogP) is 4.22. The quantitative estimate of drug-likeness (QED) is 0.692. The Morgan fingerprint density at radius 1 is 1.07 bits per heavy atom. The molecule has 0 aliphatic carbocycles. The fourth-order valence-electron chi connectivity index (χ4n) is 2.36. The molecule has 3 aromatic rings. The van der Waals surface area contributed by atoms with Crippen LogP contribution >= 0.6 is 0 Å². The summed E-state index contributed by atoms with van der Waals surface area (Å²) in [5.41, 5.74) is -0.779. The van der Waals surface area contributed by atoms with Crippen LogP contribution in [0, 0.1) is 0 Å². The zero-order valence-corrected chi connectivity index (χ0v) is 14.0. The van der Waals surface area contributed by atoms with Crippen molar-refractivity contribution in [2.75, 3.05) is 5.32 Å². The second-order valence-electron chi connectivity index (χ2n) is 5.78. The summed E-state index contributed by atoms with van der Waals surface area (Å²) < 4.78 is 48.2. The number of hydrogen-bond acceptors (Lipinski definition) is 4. The van der Waals surface area contributed by atoms with Crippen LogP contribution < -0.4 is 15.7 Å². The van der Waals surface area contributed by atoms with E-state index in [1.165, 1.54) is 19.1 Å². The molecule has 0 spiro atoms. The van der Waals surface area contributed by atoms with Gasteiger partial charge >= 0.3 is 11.8 Å². The Hall–Kier alpha value is -3.29. The molecule has 1 unspecified atom stereocenters. The van der Waals surface area contributed by atoms with E-state index in [1.54, 1.807) is 18.2 Å². The Bertz CT molecular complexity index is 1030. The van der Waals surface area contributed by atoms with Gasteiger partial charge in [-0.05, 0) is 49.4 Å². The van der Waals surface area contributed by atoms with E-state index in [2.05, 4.69) is 5.32 Å². The number of carbonyl (C=O) groups excluding carboxylic acids is 1. The molecule has 0 saturated carbocycles. The summed E-state index contributed by atoms with van der Waals surface area (Å²) in [6.45, 7) is 1.49. The standard InChI is InChI=1S/C19H14F3NO4/c1-11(18(25)23-14-6-4-13(5-7-14)19(20,21)22)26-15-8-2-12-3-9-17(24)27-16(12)10-15/h2-11H,1H3,(H,23,25). The van der Waals surface area contributed by atoms with Crippen molar-refractivity contribution in [3.05, 3.63) is 70.6 Å². The number of halogens is 3. The van der Waals surface area contributed by atoms with Crippen LogP contribution in [-0.2, 0) is 11.0 Å². The molecule has 1 atom stereocenters. The second kappa shape index (κ2) is 7.14. The summed E-state index contributed by atoms with van der Waals surface area (Å²) in [5.74, 6) is -0.226. The van der Waals surface area contributed by atoms with Gasteiger partial charge in [0.15, 0.2) is 6.10 Å². The third kappa shape index (κ3) is 4.46. The maximum atomic E-state index is 12.6. The second-order valence-corrected chi connectivity index (χ2v) is 5.78. The van der Waals surface area contributed by atoms with Crippen LogP contribution in [0.5, 0.6) is 5.75 Å². The Balaban J connectivity index is 1.68. The molecule has 1 amide bonds. The minimum Gasteiger partial charge on any atom is -0.481 e. The van der Waals surface area contributed by atoms with E-state index in [1.807, 2.05) is 0 Å². The van der Waals surface area contributed by atoms with Gasteiger partial charge in [0.1, 0.15) is 11.3 Å². The lowest BCUT2D eigenvalue weighted by atomic mass is 10.2. The fourth-order valence-corrected chi connectivity index (χ4v) is 2.36. The van der Waals surface area contributed by atoms with Crippen LogP contribution in [-0.4, -0.2) is 12.0 Å². The third-order valence-corrected chi connectivity index (χ3v) is 3.76. The molecule has 140 valence electrons. The fraction of sp³-hybridized carbons (Fsp3) is 0.158. The maximum absolute atomic E-state index is 12.6. The van der Waals surface area contributed by atoms with Crippen LogP contribution in [0.4, 0.5) is 18.9 Å². The number of rotatable bonds is 4. The molecule has 1 N–H and O–H groups in total. The highest BCUT2D eigenvalue weighted by molar-refractivity contribution is 5.94. The van der Waals surface area contributed by atoms with Crippen molar-refractivity contribution < 1.29 is 27.1 Å². The van der Waals surface area contributed by atoms with E-state index in [-0.39, 0.29) is 5.69 Å². The molecule has 0 radical (unpaired) electrons. The number of anilines is 1. The molecule has 0 aliphatic heterocycles. The Kier molecular flexibility index (Phi) is 4.89. The molecule has 1 heterocycles. The number of benzene rings is 2. The lowest BCUT2D eigenvalue weighted by Crippen LogP contribution is -2.30. The van der Waals surface area contributed by atoms with E-state index in [4.69, 9.17) is 9.15 Å². The molecule has 0 fully saturated rings. The Morgan fingerprint density at radius 2 is 1.74 bits per heavy atom. The molecule has 2 aromatic carbocycles. The average Bonchev–Trinajstić information content (AvgIpc) is 2.61. The van der Waals surface area contributed by atoms with E-state index < -0.39 is 29.4 Å². The molecule has 1 aromatic heterocycles. The van der Waals surface area contributed by atoms with Gasteiger partial charge in [0.05, 0.1) is 5.56 Å². The van der Waals surface area contributed by atoms with Crippen molar-refractivity contribution >= 4 is 22.6 Å². The minimum atomic E-state index is -4.44. The van der Waals surface area contributed by atoms with Crippen LogP contribution in [0.1, 0.15) is 12.5 Å². The average molecular weight is 377 g/mol. The van der Waals surface area contributed by atoms with Gasteiger partial charge in [0, 0.05) is 23.2 Å². The lowest BCUT2D eigenvalue weighted by molar-refractivity contribution is -0.137. The van der Waals surface area contributed by atoms with E-state index >= 15 is 0 Å². The minimum absolute atomic E-state index is 0.216. The number of alkyl halides is 3. The summed E-state index contributed by atoms with van der Waals surface area (Å²) in [4.78, 5) is 23.5. The molecular weight excluding hydrogens is 363 g/mol. The number of nitrogens with one attached hydrogen (secondary N) is 1. The SMILES string of the molecule is CC(Oc1ccc2ccc(=O)oc2c1)C(=O)Nc1ccc(C(F)(F)F)cc1. The normalized spacial score (nSPS) is 12.6. The predicted molar refractivity (Wildman–Crippen MR) is 92.6 cm³/mol. The number of amides is 1. The first kappa shape index (κ1) is 18.5. The van der Waals surface area contributed by atoms with Crippen molar-refractivity contribution in [1.82, 2.24) is 0 Å². The molecule has 0 saturated heterocycles. The molecule has 8 heteroatoms. The molecular formula is C19H14F3NO4. The monoisotopic (exact) mass is 377 g/mol. The summed E-state index contributed by atoms with van der Waals surface area (Å²) in [5, 5.41) is 3.18. The molecule has 0 aliphatic rings. The van der Waals surface area contributed by atoms with Crippen molar-refractivity contribution in [3.63, 3.8) is 0 Å². The van der Waals surface area contributed by atoms with Gasteiger partial charge in [0.25, 0.3) is 5.91 Å². The zero-order valence-electron chi connectivity index (χ0n) is 14.0. The lowest BCUT2D eigenvalue weighted by Gasteiger charge is -2.15. The van der Waals surface area contributed by atoms with Crippen molar-refractivity contribution in [2.24, 2.45) is 0 Å². The zero-order chi connectivity index (χ0) is 19.6. The van der Waals surface area contributed by atoms with Gasteiger partial charge < -0.3 is 14.5 Å². The van der Waals surface area contributed by atoms with Crippen molar-refractivity contribution in [1.29, 1.82) is 0 Å². The molecule has 0 bridgehead atoms. The van der Waals surface area contributed by atoms with E-state index in [0.717, 1.165) is 24.3 Å². The topological polar surface area (TPSA) is 68.5 Å². The van der Waals surface area contributed by atoms with Gasteiger partial charge in [-0.25, -0.2) is 4.79 Å². The van der Waals surface area contributed by atoms with Crippen molar-refractivity contribution in [3.8, 4) is 5.75 Å². The summed E-state index contributed by atoms with van der Waals surface area (Å²) in [6, 6.07) is 11.8. The maximum Gasteiger partial charge on any atom is 0.416 e.